The lowest BCUT2D eigenvalue weighted by molar-refractivity contribution is -0.134. The Labute approximate surface area is 207 Å². The number of carbonyl (C=O) groups excluding carboxylic acids is 2. The van der Waals surface area contributed by atoms with Gasteiger partial charge >= 0.3 is 0 Å². The number of hydrogen-bond donors (Lipinski definition) is 1. The van der Waals surface area contributed by atoms with Crippen molar-refractivity contribution in [2.24, 2.45) is 11.8 Å². The normalized spacial score (nSPS) is 26.5. The number of carbonyl (C=O) groups is 2. The maximum atomic E-state index is 14.0. The summed E-state index contributed by atoms with van der Waals surface area (Å²) in [5, 5.41) is 4.14. The average molecular weight is 486 g/mol. The van der Waals surface area contributed by atoms with Gasteiger partial charge in [0.05, 0.1) is 26.3 Å². The van der Waals surface area contributed by atoms with E-state index in [0.29, 0.717) is 55.1 Å². The van der Waals surface area contributed by atoms with Gasteiger partial charge in [0, 0.05) is 31.7 Å². The lowest BCUT2D eigenvalue weighted by Gasteiger charge is -2.45. The van der Waals surface area contributed by atoms with Crippen LogP contribution in [0.1, 0.15) is 56.9 Å². The van der Waals surface area contributed by atoms with Gasteiger partial charge in [-0.2, -0.15) is 0 Å². The van der Waals surface area contributed by atoms with Gasteiger partial charge < -0.3 is 29.0 Å². The Balaban J connectivity index is 1.77. The summed E-state index contributed by atoms with van der Waals surface area (Å²) in [6.45, 7) is 7.63. The minimum Gasteiger partial charge on any atom is -0.496 e. The molecule has 8 heteroatoms. The van der Waals surface area contributed by atoms with Gasteiger partial charge in [-0.05, 0) is 49.8 Å². The summed E-state index contributed by atoms with van der Waals surface area (Å²) in [4.78, 5) is 29.6. The summed E-state index contributed by atoms with van der Waals surface area (Å²) in [7, 11) is 4.87. The highest BCUT2D eigenvalue weighted by Crippen LogP contribution is 2.40. The van der Waals surface area contributed by atoms with Crippen molar-refractivity contribution in [1.29, 1.82) is 0 Å². The number of nitrogens with one attached hydrogen (secondary N) is 1. The molecular formula is C27H39N3O5. The van der Waals surface area contributed by atoms with Crippen molar-refractivity contribution >= 4 is 22.7 Å². The minimum absolute atomic E-state index is 0.108. The fourth-order valence-corrected chi connectivity index (χ4v) is 5.78. The Kier molecular flexibility index (Phi) is 7.31. The molecule has 1 aromatic heterocycles. The van der Waals surface area contributed by atoms with Gasteiger partial charge in [-0.15, -0.1) is 0 Å². The predicted octanol–water partition coefficient (Wildman–Crippen LogP) is 3.85. The third-order valence-electron chi connectivity index (χ3n) is 8.19. The van der Waals surface area contributed by atoms with Crippen molar-refractivity contribution in [1.82, 2.24) is 14.8 Å². The summed E-state index contributed by atoms with van der Waals surface area (Å²) in [5.41, 5.74) is 0.244. The lowest BCUT2D eigenvalue weighted by atomic mass is 9.77. The standard InChI is InChI=1S/C27H39N3O5/c1-17-9-7-10-20(18(17)2)28-26(32)27(3)16-29-21(25(31)30(27)13-8-14-33-4)15-19-22(34-5)11-12-23(35-6)24(19)29/h11-12,15,17-18,20H,7-10,13-14,16H2,1-6H3,(H,28,32)/t17-,18-,20+,27+/m0/s1. The second-order valence-corrected chi connectivity index (χ2v) is 10.3. The summed E-state index contributed by atoms with van der Waals surface area (Å²) < 4.78 is 18.4. The first-order valence-electron chi connectivity index (χ1n) is 12.6. The van der Waals surface area contributed by atoms with Crippen LogP contribution in [-0.4, -0.2) is 67.3 Å². The molecule has 2 aromatic rings. The molecule has 1 aromatic carbocycles. The van der Waals surface area contributed by atoms with E-state index >= 15 is 0 Å². The van der Waals surface area contributed by atoms with E-state index in [1.807, 2.05) is 29.7 Å². The molecule has 1 N–H and O–H groups in total. The Morgan fingerprint density at radius 1 is 1.14 bits per heavy atom. The van der Waals surface area contributed by atoms with E-state index in [-0.39, 0.29) is 17.9 Å². The van der Waals surface area contributed by atoms with E-state index in [1.165, 1.54) is 6.42 Å². The smallest absolute Gasteiger partial charge is 0.271 e. The summed E-state index contributed by atoms with van der Waals surface area (Å²) >= 11 is 0. The SMILES string of the molecule is COCCCN1C(=O)c2cc3c(OC)ccc(OC)c3n2C[C@]1(C)C(=O)N[C@@H]1CCC[C@H](C)[C@@H]1C. The van der Waals surface area contributed by atoms with E-state index in [1.54, 1.807) is 26.2 Å². The van der Waals surface area contributed by atoms with Crippen molar-refractivity contribution in [2.75, 3.05) is 34.5 Å². The largest absolute Gasteiger partial charge is 0.496 e. The maximum absolute atomic E-state index is 14.0. The molecule has 4 atom stereocenters. The van der Waals surface area contributed by atoms with Crippen LogP contribution in [0.5, 0.6) is 11.5 Å². The van der Waals surface area contributed by atoms with Crippen LogP contribution >= 0.6 is 0 Å². The molecule has 4 rings (SSSR count). The van der Waals surface area contributed by atoms with Crippen molar-refractivity contribution < 1.29 is 23.8 Å². The summed E-state index contributed by atoms with van der Waals surface area (Å²) in [5.74, 6) is 1.98. The van der Waals surface area contributed by atoms with Gasteiger partial charge in [0.25, 0.3) is 5.91 Å². The summed E-state index contributed by atoms with van der Waals surface area (Å²) in [6.07, 6.45) is 3.91. The maximum Gasteiger partial charge on any atom is 0.271 e. The number of methoxy groups -OCH3 is 3. The van der Waals surface area contributed by atoms with Crippen molar-refractivity contribution in [2.45, 2.75) is 64.6 Å². The molecule has 8 nitrogen and oxygen atoms in total. The second-order valence-electron chi connectivity index (χ2n) is 10.3. The zero-order valence-corrected chi connectivity index (χ0v) is 21.8. The first-order chi connectivity index (χ1) is 16.8. The van der Waals surface area contributed by atoms with Gasteiger partial charge in [-0.25, -0.2) is 0 Å². The van der Waals surface area contributed by atoms with Gasteiger partial charge in [-0.1, -0.05) is 26.7 Å². The minimum atomic E-state index is -1.06. The second kappa shape index (κ2) is 10.1. The molecule has 192 valence electrons. The van der Waals surface area contributed by atoms with Crippen LogP contribution < -0.4 is 14.8 Å². The molecule has 2 heterocycles. The molecule has 0 spiro atoms. The number of hydrogen-bond acceptors (Lipinski definition) is 5. The average Bonchev–Trinajstić information content (AvgIpc) is 3.23. The van der Waals surface area contributed by atoms with Crippen LogP contribution in [-0.2, 0) is 16.1 Å². The molecule has 2 amide bonds. The first kappa shape index (κ1) is 25.4. The highest BCUT2D eigenvalue weighted by atomic mass is 16.5. The quantitative estimate of drug-likeness (QED) is 0.575. The van der Waals surface area contributed by atoms with Crippen molar-refractivity contribution in [3.63, 3.8) is 0 Å². The van der Waals surface area contributed by atoms with Gasteiger partial charge in [-0.3, -0.25) is 9.59 Å². The van der Waals surface area contributed by atoms with E-state index in [4.69, 9.17) is 14.2 Å². The molecule has 1 saturated carbocycles. The van der Waals surface area contributed by atoms with Crippen molar-refractivity contribution in [3.05, 3.63) is 23.9 Å². The number of benzene rings is 1. The Bertz CT molecular complexity index is 1100. The molecule has 0 unspecified atom stereocenters. The molecule has 2 aliphatic rings. The highest BCUT2D eigenvalue weighted by molar-refractivity contribution is 6.05. The van der Waals surface area contributed by atoms with Crippen LogP contribution in [0.15, 0.2) is 18.2 Å². The zero-order chi connectivity index (χ0) is 25.3. The van der Waals surface area contributed by atoms with Crippen LogP contribution in [0.4, 0.5) is 0 Å². The monoisotopic (exact) mass is 485 g/mol. The molecule has 35 heavy (non-hydrogen) atoms. The highest BCUT2D eigenvalue weighted by Gasteiger charge is 2.48. The Morgan fingerprint density at radius 2 is 1.86 bits per heavy atom. The molecule has 1 aliphatic heterocycles. The molecular weight excluding hydrogens is 446 g/mol. The summed E-state index contributed by atoms with van der Waals surface area (Å²) in [6, 6.07) is 5.64. The van der Waals surface area contributed by atoms with E-state index < -0.39 is 5.54 Å². The number of fused-ring (bicyclic) bond motifs is 3. The number of rotatable bonds is 8. The third-order valence-corrected chi connectivity index (χ3v) is 8.19. The van der Waals surface area contributed by atoms with Crippen LogP contribution in [0.2, 0.25) is 0 Å². The fraction of sp³-hybridized carbons (Fsp3) is 0.630. The number of amides is 2. The lowest BCUT2D eigenvalue weighted by Crippen LogP contribution is -2.65. The molecule has 0 radical (unpaired) electrons. The van der Waals surface area contributed by atoms with Crippen molar-refractivity contribution in [3.8, 4) is 11.5 Å². The molecule has 0 bridgehead atoms. The molecule has 1 aliphatic carbocycles. The first-order valence-corrected chi connectivity index (χ1v) is 12.6. The number of nitrogens with zero attached hydrogens (tertiary/aromatic N) is 2. The van der Waals surface area contributed by atoms with Crippen LogP contribution in [0.25, 0.3) is 10.9 Å². The Morgan fingerprint density at radius 3 is 2.54 bits per heavy atom. The van der Waals surface area contributed by atoms with E-state index in [0.717, 1.165) is 23.7 Å². The molecule has 1 fully saturated rings. The van der Waals surface area contributed by atoms with Gasteiger partial charge in [0.1, 0.15) is 22.7 Å². The topological polar surface area (TPSA) is 82.0 Å². The Hall–Kier alpha value is -2.74. The number of aromatic nitrogens is 1. The van der Waals surface area contributed by atoms with Crippen LogP contribution in [0.3, 0.4) is 0 Å². The fourth-order valence-electron chi connectivity index (χ4n) is 5.78. The van der Waals surface area contributed by atoms with E-state index in [9.17, 15) is 9.59 Å². The third kappa shape index (κ3) is 4.37. The van der Waals surface area contributed by atoms with E-state index in [2.05, 4.69) is 19.2 Å². The molecule has 0 saturated heterocycles. The zero-order valence-electron chi connectivity index (χ0n) is 21.8. The van der Waals surface area contributed by atoms with Gasteiger partial charge in [0.2, 0.25) is 5.91 Å². The van der Waals surface area contributed by atoms with Crippen LogP contribution in [0, 0.1) is 11.8 Å². The van der Waals surface area contributed by atoms with Gasteiger partial charge in [0.15, 0.2) is 0 Å². The number of ether oxygens (including phenoxy) is 3. The predicted molar refractivity (Wildman–Crippen MR) is 135 cm³/mol.